The number of carbonyl (C=O) groups excluding carboxylic acids is 2. The van der Waals surface area contributed by atoms with Crippen LogP contribution in [0, 0.1) is 5.41 Å². The first-order valence-electron chi connectivity index (χ1n) is 7.65. The van der Waals surface area contributed by atoms with Crippen molar-refractivity contribution >= 4 is 23.3 Å². The number of benzene rings is 1. The predicted octanol–water partition coefficient (Wildman–Crippen LogP) is 0.347. The quantitative estimate of drug-likeness (QED) is 0.436. The molecule has 0 radical (unpaired) electrons. The molecule has 1 aromatic rings. The van der Waals surface area contributed by atoms with Crippen molar-refractivity contribution in [3.63, 3.8) is 0 Å². The summed E-state index contributed by atoms with van der Waals surface area (Å²) in [6.07, 6.45) is 1.14. The lowest BCUT2D eigenvalue weighted by molar-refractivity contribution is -0.117. The minimum atomic E-state index is -0.455. The number of amidine groups is 1. The Hall–Kier alpha value is -3.29. The Labute approximate surface area is 145 Å². The molecule has 0 bridgehead atoms. The lowest BCUT2D eigenvalue weighted by atomic mass is 10.1. The van der Waals surface area contributed by atoms with Crippen molar-refractivity contribution < 1.29 is 14.3 Å². The van der Waals surface area contributed by atoms with Crippen LogP contribution in [0.4, 0.5) is 5.69 Å². The maximum atomic E-state index is 12.9. The second-order valence-corrected chi connectivity index (χ2v) is 5.62. The van der Waals surface area contributed by atoms with E-state index in [1.54, 1.807) is 31.2 Å². The van der Waals surface area contributed by atoms with Gasteiger partial charge in [0, 0.05) is 5.69 Å². The van der Waals surface area contributed by atoms with Crippen LogP contribution >= 0.6 is 0 Å². The first-order chi connectivity index (χ1) is 11.8. The van der Waals surface area contributed by atoms with E-state index < -0.39 is 17.6 Å². The fourth-order valence-corrected chi connectivity index (χ4v) is 2.52. The minimum absolute atomic E-state index is 0.0644. The van der Waals surface area contributed by atoms with Crippen molar-refractivity contribution in [1.82, 2.24) is 5.32 Å². The molecule has 1 aliphatic rings. The molecule has 0 aromatic heterocycles. The van der Waals surface area contributed by atoms with Crippen molar-refractivity contribution in [2.75, 3.05) is 11.4 Å². The fourth-order valence-electron chi connectivity index (χ4n) is 2.52. The number of amides is 2. The molecule has 0 spiro atoms. The monoisotopic (exact) mass is 343 g/mol. The van der Waals surface area contributed by atoms with Gasteiger partial charge in [0.2, 0.25) is 11.8 Å². The largest absolute Gasteiger partial charge is 0.473 e. The zero-order valence-corrected chi connectivity index (χ0v) is 13.9. The zero-order chi connectivity index (χ0) is 18.6. The molecule has 1 atom stereocenters. The zero-order valence-electron chi connectivity index (χ0n) is 13.9. The third kappa shape index (κ3) is 4.17. The molecule has 0 unspecified atom stereocenters. The molecule has 0 saturated carbocycles. The van der Waals surface area contributed by atoms with E-state index in [0.29, 0.717) is 5.69 Å². The highest BCUT2D eigenvalue weighted by Crippen LogP contribution is 2.23. The SMILES string of the molecule is C=CNC1=C(C(=N)N)C(=O)N(c2ccc(CC(N)=O)cc2)C[C@@H](C)O1. The maximum absolute atomic E-state index is 12.9. The number of nitrogens with two attached hydrogens (primary N) is 2. The summed E-state index contributed by atoms with van der Waals surface area (Å²) in [5.41, 5.74) is 12.1. The number of carbonyl (C=O) groups is 2. The minimum Gasteiger partial charge on any atom is -0.473 e. The summed E-state index contributed by atoms with van der Waals surface area (Å²) in [5.74, 6) is -1.18. The summed E-state index contributed by atoms with van der Waals surface area (Å²) in [7, 11) is 0. The van der Waals surface area contributed by atoms with Crippen molar-refractivity contribution in [3.8, 4) is 0 Å². The van der Waals surface area contributed by atoms with E-state index in [9.17, 15) is 9.59 Å². The molecule has 8 nitrogen and oxygen atoms in total. The number of anilines is 1. The van der Waals surface area contributed by atoms with Crippen molar-refractivity contribution in [2.45, 2.75) is 19.4 Å². The predicted molar refractivity (Wildman–Crippen MR) is 94.5 cm³/mol. The number of primary amides is 1. The van der Waals surface area contributed by atoms with E-state index in [0.717, 1.165) is 5.56 Å². The Balaban J connectivity index is 2.40. The van der Waals surface area contributed by atoms with Gasteiger partial charge in [0.1, 0.15) is 17.5 Å². The average Bonchev–Trinajstić information content (AvgIpc) is 2.64. The van der Waals surface area contributed by atoms with Crippen LogP contribution in [0.15, 0.2) is 48.5 Å². The second-order valence-electron chi connectivity index (χ2n) is 5.62. The van der Waals surface area contributed by atoms with E-state index in [4.69, 9.17) is 21.6 Å². The van der Waals surface area contributed by atoms with Gasteiger partial charge in [-0.3, -0.25) is 15.0 Å². The standard InChI is InChI=1S/C17H21N5O3/c1-3-21-16-14(15(19)20)17(24)22(9-10(2)25-16)12-6-4-11(5-7-12)8-13(18)23/h3-7,10,21H,1,8-9H2,2H3,(H2,18,23)(H3,19,20)/t10-/m1/s1. The fraction of sp³-hybridized carbons (Fsp3) is 0.235. The maximum Gasteiger partial charge on any atom is 0.267 e. The van der Waals surface area contributed by atoms with Crippen LogP contribution in [0.3, 0.4) is 0 Å². The molecule has 8 heteroatoms. The van der Waals surface area contributed by atoms with E-state index in [-0.39, 0.29) is 30.5 Å². The summed E-state index contributed by atoms with van der Waals surface area (Å²) in [4.78, 5) is 25.4. The van der Waals surface area contributed by atoms with E-state index in [1.165, 1.54) is 11.1 Å². The lowest BCUT2D eigenvalue weighted by Gasteiger charge is -2.23. The van der Waals surface area contributed by atoms with Gasteiger partial charge in [-0.25, -0.2) is 0 Å². The Morgan fingerprint density at radius 2 is 2.08 bits per heavy atom. The molecule has 25 heavy (non-hydrogen) atoms. The Kier molecular flexibility index (Phi) is 5.43. The molecule has 6 N–H and O–H groups in total. The normalized spacial score (nSPS) is 17.6. The Morgan fingerprint density at radius 1 is 1.44 bits per heavy atom. The third-order valence-corrected chi connectivity index (χ3v) is 3.57. The first kappa shape index (κ1) is 18.1. The Morgan fingerprint density at radius 3 is 2.60 bits per heavy atom. The van der Waals surface area contributed by atoms with Crippen LogP contribution < -0.4 is 21.7 Å². The van der Waals surface area contributed by atoms with Crippen LogP contribution in [-0.4, -0.2) is 30.3 Å². The van der Waals surface area contributed by atoms with Gasteiger partial charge < -0.3 is 26.4 Å². The van der Waals surface area contributed by atoms with Crippen LogP contribution in [0.1, 0.15) is 12.5 Å². The van der Waals surface area contributed by atoms with Gasteiger partial charge in [0.05, 0.1) is 13.0 Å². The highest BCUT2D eigenvalue weighted by Gasteiger charge is 2.32. The van der Waals surface area contributed by atoms with Gasteiger partial charge in [-0.2, -0.15) is 0 Å². The number of hydrogen-bond donors (Lipinski definition) is 4. The number of rotatable bonds is 6. The van der Waals surface area contributed by atoms with Crippen molar-refractivity contribution in [2.24, 2.45) is 11.5 Å². The van der Waals surface area contributed by atoms with Crippen LogP contribution in [0.25, 0.3) is 0 Å². The molecule has 1 heterocycles. The van der Waals surface area contributed by atoms with Crippen LogP contribution in [0.2, 0.25) is 0 Å². The third-order valence-electron chi connectivity index (χ3n) is 3.57. The molecule has 1 aromatic carbocycles. The Bertz CT molecular complexity index is 739. The van der Waals surface area contributed by atoms with Crippen LogP contribution in [-0.2, 0) is 20.7 Å². The molecule has 2 rings (SSSR count). The molecule has 132 valence electrons. The molecular formula is C17H21N5O3. The van der Waals surface area contributed by atoms with Gasteiger partial charge in [0.25, 0.3) is 5.91 Å². The highest BCUT2D eigenvalue weighted by atomic mass is 16.5. The summed E-state index contributed by atoms with van der Waals surface area (Å²) < 4.78 is 5.68. The molecule has 0 saturated heterocycles. The van der Waals surface area contributed by atoms with Gasteiger partial charge in [0.15, 0.2) is 0 Å². The molecule has 2 amide bonds. The average molecular weight is 343 g/mol. The number of nitrogens with zero attached hydrogens (tertiary/aromatic N) is 1. The summed E-state index contributed by atoms with van der Waals surface area (Å²) in [5, 5.41) is 10.4. The molecule has 0 fully saturated rings. The van der Waals surface area contributed by atoms with Gasteiger partial charge in [-0.15, -0.1) is 0 Å². The van der Waals surface area contributed by atoms with Gasteiger partial charge >= 0.3 is 0 Å². The summed E-state index contributed by atoms with van der Waals surface area (Å²) in [6, 6.07) is 6.88. The summed E-state index contributed by atoms with van der Waals surface area (Å²) >= 11 is 0. The molecular weight excluding hydrogens is 322 g/mol. The highest BCUT2D eigenvalue weighted by molar-refractivity contribution is 6.24. The van der Waals surface area contributed by atoms with Crippen molar-refractivity contribution in [3.05, 3.63) is 54.1 Å². The topological polar surface area (TPSA) is 135 Å². The number of ether oxygens (including phenoxy) is 1. The smallest absolute Gasteiger partial charge is 0.267 e. The molecule has 0 aliphatic carbocycles. The second kappa shape index (κ2) is 7.52. The summed E-state index contributed by atoms with van der Waals surface area (Å²) in [6.45, 7) is 5.61. The van der Waals surface area contributed by atoms with Gasteiger partial charge in [-0.1, -0.05) is 18.7 Å². The number of hydrogen-bond acceptors (Lipinski definition) is 5. The van der Waals surface area contributed by atoms with Crippen molar-refractivity contribution in [1.29, 1.82) is 5.41 Å². The number of nitrogens with one attached hydrogen (secondary N) is 2. The van der Waals surface area contributed by atoms with E-state index >= 15 is 0 Å². The van der Waals surface area contributed by atoms with E-state index in [2.05, 4.69) is 11.9 Å². The first-order valence-corrected chi connectivity index (χ1v) is 7.65. The van der Waals surface area contributed by atoms with E-state index in [1.807, 2.05) is 0 Å². The van der Waals surface area contributed by atoms with Gasteiger partial charge in [-0.05, 0) is 30.8 Å². The lowest BCUT2D eigenvalue weighted by Crippen LogP contribution is -2.38. The van der Waals surface area contributed by atoms with Crippen LogP contribution in [0.5, 0.6) is 0 Å². The molecule has 1 aliphatic heterocycles.